The molecule has 4 nitrogen and oxygen atoms in total. The maximum absolute atomic E-state index is 6.86. The number of hydrogen-bond acceptors (Lipinski definition) is 2. The van der Waals surface area contributed by atoms with E-state index in [-0.39, 0.29) is 6.15 Å². The van der Waals surface area contributed by atoms with Gasteiger partial charge in [0.1, 0.15) is 0 Å². The lowest BCUT2D eigenvalue weighted by Gasteiger charge is -1.03. The van der Waals surface area contributed by atoms with Crippen LogP contribution in [0.2, 0.25) is 0 Å². The molecule has 0 atom stereocenters. The molecule has 4 N–H and O–H groups in total. The van der Waals surface area contributed by atoms with Gasteiger partial charge in [-0.05, 0) is 10.4 Å². The quantitative estimate of drug-likeness (QED) is 0.244. The fourth-order valence-corrected chi connectivity index (χ4v) is 0. The highest BCUT2D eigenvalue weighted by molar-refractivity contribution is 4.18. The Morgan fingerprint density at radius 3 is 1.75 bits per heavy atom. The van der Waals surface area contributed by atoms with Gasteiger partial charge >= 0.3 is 0 Å². The predicted molar refractivity (Wildman–Crippen MR) is 14.5 cm³/mol. The van der Waals surface area contributed by atoms with Gasteiger partial charge in [0.2, 0.25) is 0 Å². The summed E-state index contributed by atoms with van der Waals surface area (Å²) in [6.07, 6.45) is 0. The van der Waals surface area contributed by atoms with Crippen molar-refractivity contribution in [3.63, 3.8) is 0 Å². The van der Waals surface area contributed by atoms with Crippen LogP contribution in [-0.4, -0.2) is 0 Å². The zero-order valence-electron chi connectivity index (χ0n) is 2.10. The molecule has 0 aliphatic rings. The molecular formula is H4N4. The van der Waals surface area contributed by atoms with Gasteiger partial charge in [-0.3, -0.25) is 0 Å². The molecule has 0 rings (SSSR count). The molecule has 0 aromatic heterocycles. The van der Waals surface area contributed by atoms with Gasteiger partial charge in [0.15, 0.2) is 0 Å². The summed E-state index contributed by atoms with van der Waals surface area (Å²) in [5.41, 5.74) is 12.2. The molecule has 0 fully saturated rings. The highest BCUT2D eigenvalue weighted by Crippen LogP contribution is 1.24. The van der Waals surface area contributed by atoms with E-state index < -0.39 is 0 Å². The van der Waals surface area contributed by atoms with E-state index in [0.29, 0.717) is 0 Å². The van der Waals surface area contributed by atoms with Crippen molar-refractivity contribution in [3.8, 4) is 0 Å². The van der Waals surface area contributed by atoms with Crippen LogP contribution >= 0.6 is 0 Å². The monoisotopic (exact) mass is 60.0 g/mol. The summed E-state index contributed by atoms with van der Waals surface area (Å²) in [6, 6.07) is 0. The van der Waals surface area contributed by atoms with E-state index in [0.717, 1.165) is 0 Å². The molecule has 0 saturated heterocycles. The summed E-state index contributed by atoms with van der Waals surface area (Å²) in [6.45, 7) is 0. The lowest BCUT2D eigenvalue weighted by atomic mass is 13.0. The molecule has 0 heterocycles. The second kappa shape index (κ2) is 50.2. The van der Waals surface area contributed by atoms with Crippen LogP contribution in [0.5, 0.6) is 0 Å². The molecule has 0 spiro atoms. The van der Waals surface area contributed by atoms with E-state index in [9.17, 15) is 0 Å². The molecule has 0 radical (unpaired) electrons. The predicted octanol–water partition coefficient (Wildman–Crippen LogP) is 1.04. The van der Waals surface area contributed by atoms with Crippen LogP contribution in [0.15, 0.2) is 0 Å². The molecular weight excluding hydrogens is 56.0 g/mol. The van der Waals surface area contributed by atoms with Crippen LogP contribution in [0, 0.1) is 5.53 Å². The van der Waals surface area contributed by atoms with Crippen molar-refractivity contribution < 1.29 is 0 Å². The molecule has 0 aromatic carbocycles. The first-order valence-electron chi connectivity index (χ1n) is 0.424. The normalized spacial score (nSPS) is 2.00. The van der Waals surface area contributed by atoms with Gasteiger partial charge in [0, 0.05) is 0 Å². The number of hydrogen-bond donors (Lipinski definition) is 2. The van der Waals surface area contributed by atoms with Crippen molar-refractivity contribution in [1.29, 1.82) is 5.53 Å². The zero-order chi connectivity index (χ0) is 2.71. The SMILES string of the molecule is N.[N-]=[N+]=N. The molecule has 0 aromatic rings. The van der Waals surface area contributed by atoms with Crippen molar-refractivity contribution in [2.24, 2.45) is 0 Å². The van der Waals surface area contributed by atoms with Gasteiger partial charge in [-0.25, -0.2) is 0 Å². The number of nitrogens with one attached hydrogen (secondary N) is 1. The number of nitrogens with zero attached hydrogens (tertiary/aromatic N) is 2. The first kappa shape index (κ1) is 10.4. The summed E-state index contributed by atoms with van der Waals surface area (Å²) < 4.78 is 0. The minimum Gasteiger partial charge on any atom is -0.344 e. The van der Waals surface area contributed by atoms with Gasteiger partial charge < -0.3 is 6.15 Å². The summed E-state index contributed by atoms with van der Waals surface area (Å²) in [5.74, 6) is 0. The average Bonchev–Trinajstić information content (AvgIpc) is 0.918. The van der Waals surface area contributed by atoms with Gasteiger partial charge in [-0.1, -0.05) is 0 Å². The standard InChI is InChI=1S/HN3.H3N/c1-3-2;/h1H;1H3. The Morgan fingerprint density at radius 1 is 1.75 bits per heavy atom. The molecule has 0 bridgehead atoms. The van der Waals surface area contributed by atoms with Crippen LogP contribution in [-0.2, 0) is 0 Å². The molecule has 0 amide bonds. The van der Waals surface area contributed by atoms with E-state index in [1.807, 2.05) is 0 Å². The second-order valence-corrected chi connectivity index (χ2v) is 0.100. The molecule has 4 heavy (non-hydrogen) atoms. The third-order valence-corrected chi connectivity index (χ3v) is 0. The van der Waals surface area contributed by atoms with Gasteiger partial charge in [-0.15, -0.1) is 5.53 Å². The molecule has 0 unspecified atom stereocenters. The van der Waals surface area contributed by atoms with E-state index in [2.05, 4.69) is 0 Å². The average molecular weight is 60.1 g/mol. The maximum Gasteiger partial charge on any atom is -0.00208 e. The Balaban J connectivity index is 0. The van der Waals surface area contributed by atoms with E-state index in [1.54, 1.807) is 4.91 Å². The summed E-state index contributed by atoms with van der Waals surface area (Å²) in [7, 11) is 0. The molecule has 4 heteroatoms. The summed E-state index contributed by atoms with van der Waals surface area (Å²) in [4.78, 5) is 1.75. The zero-order valence-corrected chi connectivity index (χ0v) is 2.10. The van der Waals surface area contributed by atoms with Crippen LogP contribution < -0.4 is 6.15 Å². The van der Waals surface area contributed by atoms with Crippen molar-refractivity contribution >= 4 is 0 Å². The second-order valence-electron chi connectivity index (χ2n) is 0.100. The molecule has 0 aliphatic heterocycles. The van der Waals surface area contributed by atoms with Crippen molar-refractivity contribution in [2.45, 2.75) is 0 Å². The smallest absolute Gasteiger partial charge is 0.00208 e. The fraction of sp³-hybridized carbons (Fsp3) is 0. The first-order chi connectivity index (χ1) is 1.41. The Bertz CT molecular complexity index is 21.0. The van der Waals surface area contributed by atoms with E-state index >= 15 is 0 Å². The van der Waals surface area contributed by atoms with Crippen molar-refractivity contribution in [1.82, 2.24) is 6.15 Å². The topological polar surface area (TPSA) is 95.2 Å². The Hall–Kier alpha value is -0.730. The lowest BCUT2D eigenvalue weighted by molar-refractivity contribution is 1.45. The van der Waals surface area contributed by atoms with Crippen LogP contribution in [0.4, 0.5) is 0 Å². The fourth-order valence-electron chi connectivity index (χ4n) is 0. The summed E-state index contributed by atoms with van der Waals surface area (Å²) in [5, 5.41) is 0. The highest BCUT2D eigenvalue weighted by atomic mass is 15.0. The Kier molecular flexibility index (Phi) is 131. The minimum atomic E-state index is 0. The minimum absolute atomic E-state index is 0. The van der Waals surface area contributed by atoms with Crippen molar-refractivity contribution in [2.75, 3.05) is 0 Å². The Morgan fingerprint density at radius 2 is 1.75 bits per heavy atom. The van der Waals surface area contributed by atoms with E-state index in [4.69, 9.17) is 11.1 Å². The molecule has 0 saturated carbocycles. The highest BCUT2D eigenvalue weighted by Gasteiger charge is 0.973. The third kappa shape index (κ3) is 0.174. The Labute approximate surface area is 23.4 Å². The molecule has 24 valence electrons. The van der Waals surface area contributed by atoms with Crippen molar-refractivity contribution in [3.05, 3.63) is 10.4 Å². The van der Waals surface area contributed by atoms with Crippen LogP contribution in [0.25, 0.3) is 10.4 Å². The lowest BCUT2D eigenvalue weighted by Crippen LogP contribution is -0.769. The van der Waals surface area contributed by atoms with Gasteiger partial charge in [0.25, 0.3) is 0 Å². The maximum atomic E-state index is 6.86. The number of rotatable bonds is 0. The summed E-state index contributed by atoms with van der Waals surface area (Å²) >= 11 is 0. The van der Waals surface area contributed by atoms with Gasteiger partial charge in [0.05, 0.1) is 0 Å². The van der Waals surface area contributed by atoms with Gasteiger partial charge in [-0.2, -0.15) is 0 Å². The molecule has 0 aliphatic carbocycles. The van der Waals surface area contributed by atoms with Crippen LogP contribution in [0.1, 0.15) is 0 Å². The third-order valence-electron chi connectivity index (χ3n) is 0. The van der Waals surface area contributed by atoms with E-state index in [1.165, 1.54) is 0 Å². The van der Waals surface area contributed by atoms with Crippen LogP contribution in [0.3, 0.4) is 0 Å². The largest absolute Gasteiger partial charge is 0.344 e. The first-order valence-corrected chi connectivity index (χ1v) is 0.424.